The van der Waals surface area contributed by atoms with Gasteiger partial charge in [-0.2, -0.15) is 0 Å². The Balaban J connectivity index is 1.99. The summed E-state index contributed by atoms with van der Waals surface area (Å²) >= 11 is 1.72. The minimum absolute atomic E-state index is 0.0175. The highest BCUT2D eigenvalue weighted by atomic mass is 32.2. The van der Waals surface area contributed by atoms with Crippen LogP contribution in [0.25, 0.3) is 0 Å². The number of nitrogens with one attached hydrogen (secondary N) is 1. The zero-order valence-electron chi connectivity index (χ0n) is 11.0. The van der Waals surface area contributed by atoms with Crippen LogP contribution in [0.15, 0.2) is 59.5 Å². The quantitative estimate of drug-likeness (QED) is 0.793. The molecule has 0 aliphatic heterocycles. The lowest BCUT2D eigenvalue weighted by atomic mass is 10.1. The van der Waals surface area contributed by atoms with Gasteiger partial charge in [-0.05, 0) is 29.5 Å². The first kappa shape index (κ1) is 14.1. The Hall–Kier alpha value is -1.29. The zero-order valence-corrected chi connectivity index (χ0v) is 11.9. The summed E-state index contributed by atoms with van der Waals surface area (Å²) in [6.07, 6.45) is 2.06. The van der Waals surface area contributed by atoms with Crippen molar-refractivity contribution in [3.05, 3.63) is 65.7 Å². The Bertz CT molecular complexity index is 484. The molecule has 100 valence electrons. The number of benzene rings is 2. The highest BCUT2D eigenvalue weighted by Gasteiger charge is 2.09. The molecule has 0 aliphatic carbocycles. The van der Waals surface area contributed by atoms with E-state index in [1.807, 2.05) is 18.2 Å². The van der Waals surface area contributed by atoms with Crippen molar-refractivity contribution in [2.75, 3.05) is 12.9 Å². The Morgan fingerprint density at radius 1 is 1.05 bits per heavy atom. The van der Waals surface area contributed by atoms with E-state index in [0.29, 0.717) is 0 Å². The number of aliphatic hydroxyl groups is 1. The lowest BCUT2D eigenvalue weighted by Crippen LogP contribution is -2.23. The molecule has 0 aromatic heterocycles. The summed E-state index contributed by atoms with van der Waals surface area (Å²) in [5.41, 5.74) is 2.35. The summed E-state index contributed by atoms with van der Waals surface area (Å²) in [6, 6.07) is 18.5. The molecule has 19 heavy (non-hydrogen) atoms. The van der Waals surface area contributed by atoms with Crippen LogP contribution in [0.1, 0.15) is 17.2 Å². The maximum Gasteiger partial charge on any atom is 0.0626 e. The summed E-state index contributed by atoms with van der Waals surface area (Å²) in [5.74, 6) is 0. The summed E-state index contributed by atoms with van der Waals surface area (Å²) in [5, 5.41) is 12.9. The molecule has 0 saturated heterocycles. The van der Waals surface area contributed by atoms with Crippen LogP contribution in [-0.2, 0) is 6.54 Å². The summed E-state index contributed by atoms with van der Waals surface area (Å²) < 4.78 is 0. The Morgan fingerprint density at radius 3 is 2.32 bits per heavy atom. The maximum absolute atomic E-state index is 9.52. The molecule has 0 bridgehead atoms. The Labute approximate surface area is 118 Å². The van der Waals surface area contributed by atoms with E-state index in [4.69, 9.17) is 0 Å². The van der Waals surface area contributed by atoms with Crippen LogP contribution in [-0.4, -0.2) is 18.0 Å². The van der Waals surface area contributed by atoms with Crippen molar-refractivity contribution in [3.63, 3.8) is 0 Å². The maximum atomic E-state index is 9.52. The highest BCUT2D eigenvalue weighted by Crippen LogP contribution is 2.19. The van der Waals surface area contributed by atoms with Crippen molar-refractivity contribution in [1.29, 1.82) is 0 Å². The summed E-state index contributed by atoms with van der Waals surface area (Å²) in [7, 11) is 0. The van der Waals surface area contributed by atoms with Crippen molar-refractivity contribution in [3.8, 4) is 0 Å². The predicted octanol–water partition coefficient (Wildman–Crippen LogP) is 3.23. The van der Waals surface area contributed by atoms with Crippen LogP contribution < -0.4 is 5.32 Å². The largest absolute Gasteiger partial charge is 0.394 e. The van der Waals surface area contributed by atoms with E-state index in [2.05, 4.69) is 48.0 Å². The Morgan fingerprint density at radius 2 is 1.74 bits per heavy atom. The molecule has 0 radical (unpaired) electrons. The van der Waals surface area contributed by atoms with E-state index in [9.17, 15) is 5.11 Å². The highest BCUT2D eigenvalue weighted by molar-refractivity contribution is 7.98. The van der Waals surface area contributed by atoms with E-state index in [1.54, 1.807) is 11.8 Å². The summed E-state index contributed by atoms with van der Waals surface area (Å²) in [4.78, 5) is 1.24. The molecule has 2 aromatic carbocycles. The molecule has 0 heterocycles. The van der Waals surface area contributed by atoms with Crippen LogP contribution in [0.5, 0.6) is 0 Å². The number of hydrogen-bond donors (Lipinski definition) is 2. The molecule has 0 saturated carbocycles. The van der Waals surface area contributed by atoms with Gasteiger partial charge in [-0.25, -0.2) is 0 Å². The predicted molar refractivity (Wildman–Crippen MR) is 81.3 cm³/mol. The average Bonchev–Trinajstić information content (AvgIpc) is 2.49. The normalized spacial score (nSPS) is 12.3. The van der Waals surface area contributed by atoms with Gasteiger partial charge in [0.05, 0.1) is 12.6 Å². The van der Waals surface area contributed by atoms with E-state index in [1.165, 1.54) is 10.5 Å². The van der Waals surface area contributed by atoms with Crippen LogP contribution in [0.3, 0.4) is 0 Å². The molecule has 2 nitrogen and oxygen atoms in total. The zero-order chi connectivity index (χ0) is 13.5. The first-order valence-corrected chi connectivity index (χ1v) is 7.58. The minimum atomic E-state index is -0.0175. The standard InChI is InChI=1S/C16H19NOS/c1-19-15-9-7-14(8-10-15)16(12-18)17-11-13-5-3-2-4-6-13/h2-10,16-18H,11-12H2,1H3. The first-order valence-electron chi connectivity index (χ1n) is 6.35. The first-order chi connectivity index (χ1) is 9.33. The molecule has 0 fully saturated rings. The second-order valence-corrected chi connectivity index (χ2v) is 5.25. The minimum Gasteiger partial charge on any atom is -0.394 e. The molecule has 2 aromatic rings. The van der Waals surface area contributed by atoms with Crippen LogP contribution in [0, 0.1) is 0 Å². The molecule has 0 spiro atoms. The fourth-order valence-corrected chi connectivity index (χ4v) is 2.37. The van der Waals surface area contributed by atoms with Crippen LogP contribution in [0.2, 0.25) is 0 Å². The molecule has 2 rings (SSSR count). The van der Waals surface area contributed by atoms with E-state index in [0.717, 1.165) is 12.1 Å². The Kier molecular flexibility index (Phi) is 5.45. The van der Waals surface area contributed by atoms with Gasteiger partial charge in [0.15, 0.2) is 0 Å². The number of rotatable bonds is 6. The summed E-state index contributed by atoms with van der Waals surface area (Å²) in [6.45, 7) is 0.863. The fraction of sp³-hybridized carbons (Fsp3) is 0.250. The van der Waals surface area contributed by atoms with Gasteiger partial charge >= 0.3 is 0 Å². The third kappa shape index (κ3) is 4.10. The fourth-order valence-electron chi connectivity index (χ4n) is 1.96. The van der Waals surface area contributed by atoms with E-state index in [-0.39, 0.29) is 12.6 Å². The van der Waals surface area contributed by atoms with Gasteiger partial charge in [0.2, 0.25) is 0 Å². The molecule has 2 N–H and O–H groups in total. The topological polar surface area (TPSA) is 32.3 Å². The lowest BCUT2D eigenvalue weighted by Gasteiger charge is -2.17. The lowest BCUT2D eigenvalue weighted by molar-refractivity contribution is 0.243. The third-order valence-corrected chi connectivity index (χ3v) is 3.84. The second kappa shape index (κ2) is 7.34. The van der Waals surface area contributed by atoms with Gasteiger partial charge in [-0.15, -0.1) is 11.8 Å². The van der Waals surface area contributed by atoms with Gasteiger partial charge in [0, 0.05) is 11.4 Å². The van der Waals surface area contributed by atoms with Gasteiger partial charge < -0.3 is 10.4 Å². The van der Waals surface area contributed by atoms with Gasteiger partial charge in [0.1, 0.15) is 0 Å². The molecule has 1 atom stereocenters. The van der Waals surface area contributed by atoms with Gasteiger partial charge in [-0.3, -0.25) is 0 Å². The molecule has 0 amide bonds. The third-order valence-electron chi connectivity index (χ3n) is 3.10. The van der Waals surface area contributed by atoms with Crippen molar-refractivity contribution >= 4 is 11.8 Å². The van der Waals surface area contributed by atoms with Crippen molar-refractivity contribution in [2.24, 2.45) is 0 Å². The molecule has 3 heteroatoms. The van der Waals surface area contributed by atoms with Crippen LogP contribution >= 0.6 is 11.8 Å². The van der Waals surface area contributed by atoms with Crippen molar-refractivity contribution < 1.29 is 5.11 Å². The van der Waals surface area contributed by atoms with Crippen LogP contribution in [0.4, 0.5) is 0 Å². The SMILES string of the molecule is CSc1ccc(C(CO)NCc2ccccc2)cc1. The second-order valence-electron chi connectivity index (χ2n) is 4.37. The van der Waals surface area contributed by atoms with Crippen molar-refractivity contribution in [1.82, 2.24) is 5.32 Å². The average molecular weight is 273 g/mol. The van der Waals surface area contributed by atoms with Gasteiger partial charge in [0.25, 0.3) is 0 Å². The molecular formula is C16H19NOS. The van der Waals surface area contributed by atoms with Crippen molar-refractivity contribution in [2.45, 2.75) is 17.5 Å². The number of thioether (sulfide) groups is 1. The number of hydrogen-bond acceptors (Lipinski definition) is 3. The molecule has 0 aliphatic rings. The monoisotopic (exact) mass is 273 g/mol. The smallest absolute Gasteiger partial charge is 0.0626 e. The van der Waals surface area contributed by atoms with E-state index >= 15 is 0 Å². The molecule has 1 unspecified atom stereocenters. The molecular weight excluding hydrogens is 254 g/mol. The van der Waals surface area contributed by atoms with E-state index < -0.39 is 0 Å². The van der Waals surface area contributed by atoms with Gasteiger partial charge in [-0.1, -0.05) is 42.5 Å². The number of aliphatic hydroxyl groups excluding tert-OH is 1.